The number of halogens is 1. The van der Waals surface area contributed by atoms with Crippen molar-refractivity contribution < 1.29 is 13.7 Å². The van der Waals surface area contributed by atoms with Crippen LogP contribution in [0.15, 0.2) is 43.9 Å². The van der Waals surface area contributed by atoms with Crippen molar-refractivity contribution in [1.82, 2.24) is 5.16 Å². The summed E-state index contributed by atoms with van der Waals surface area (Å²) in [5, 5.41) is 4.00. The molecule has 0 saturated carbocycles. The number of benzene rings is 1. The molecule has 0 aliphatic rings. The Bertz CT molecular complexity index is 792. The van der Waals surface area contributed by atoms with Gasteiger partial charge >= 0.3 is 0 Å². The lowest BCUT2D eigenvalue weighted by molar-refractivity contribution is 0.412. The van der Waals surface area contributed by atoms with Crippen molar-refractivity contribution in [3.8, 4) is 28.3 Å². The first-order chi connectivity index (χ1) is 10.1. The van der Waals surface area contributed by atoms with E-state index in [2.05, 4.69) is 21.1 Å². The van der Waals surface area contributed by atoms with Gasteiger partial charge in [-0.3, -0.25) is 0 Å². The van der Waals surface area contributed by atoms with Crippen molar-refractivity contribution in [3.05, 3.63) is 40.6 Å². The van der Waals surface area contributed by atoms with Gasteiger partial charge in [-0.15, -0.1) is 0 Å². The molecule has 0 aliphatic carbocycles. The first-order valence-corrected chi connectivity index (χ1v) is 7.05. The second kappa shape index (κ2) is 5.29. The maximum absolute atomic E-state index is 5.92. The van der Waals surface area contributed by atoms with E-state index >= 15 is 0 Å². The van der Waals surface area contributed by atoms with Gasteiger partial charge in [0.1, 0.15) is 5.75 Å². The molecule has 6 heteroatoms. The summed E-state index contributed by atoms with van der Waals surface area (Å²) in [6, 6.07) is 9.40. The predicted octanol–water partition coefficient (Wildman–Crippen LogP) is 4.26. The molecule has 0 atom stereocenters. The highest BCUT2D eigenvalue weighted by atomic mass is 79.9. The van der Waals surface area contributed by atoms with E-state index in [0.29, 0.717) is 21.7 Å². The minimum Gasteiger partial charge on any atom is -0.496 e. The van der Waals surface area contributed by atoms with Crippen LogP contribution in [0.4, 0.5) is 5.88 Å². The molecule has 0 amide bonds. The Labute approximate surface area is 129 Å². The highest BCUT2D eigenvalue weighted by Crippen LogP contribution is 2.39. The van der Waals surface area contributed by atoms with Gasteiger partial charge in [0.15, 0.2) is 16.1 Å². The van der Waals surface area contributed by atoms with E-state index < -0.39 is 0 Å². The molecule has 21 heavy (non-hydrogen) atoms. The lowest BCUT2D eigenvalue weighted by atomic mass is 10.0. The van der Waals surface area contributed by atoms with Gasteiger partial charge in [-0.25, -0.2) is 0 Å². The fraction of sp³-hybridized carbons (Fsp3) is 0.133. The molecule has 0 radical (unpaired) electrons. The third-order valence-electron chi connectivity index (χ3n) is 3.22. The van der Waals surface area contributed by atoms with E-state index in [1.807, 2.05) is 25.1 Å². The number of nitrogens with zero attached hydrogens (tertiary/aromatic N) is 1. The molecule has 2 aromatic heterocycles. The minimum atomic E-state index is 0.239. The molecule has 2 heterocycles. The average molecular weight is 349 g/mol. The van der Waals surface area contributed by atoms with Gasteiger partial charge in [0.25, 0.3) is 0 Å². The van der Waals surface area contributed by atoms with Crippen LogP contribution in [-0.2, 0) is 0 Å². The summed E-state index contributed by atoms with van der Waals surface area (Å²) in [5.74, 6) is 1.60. The van der Waals surface area contributed by atoms with Crippen LogP contribution in [0.2, 0.25) is 0 Å². The maximum atomic E-state index is 5.92. The van der Waals surface area contributed by atoms with E-state index in [1.165, 1.54) is 0 Å². The average Bonchev–Trinajstić information content (AvgIpc) is 3.05. The number of ether oxygens (including phenoxy) is 1. The number of hydrogen-bond donors (Lipinski definition) is 1. The molecule has 0 fully saturated rings. The molecule has 3 aromatic rings. The Morgan fingerprint density at radius 2 is 2.05 bits per heavy atom. The van der Waals surface area contributed by atoms with Gasteiger partial charge in [0.2, 0.25) is 5.88 Å². The Morgan fingerprint density at radius 3 is 2.71 bits per heavy atom. The summed E-state index contributed by atoms with van der Waals surface area (Å²) < 4.78 is 16.6. The Kier molecular flexibility index (Phi) is 3.47. The first-order valence-electron chi connectivity index (χ1n) is 6.26. The number of nitrogen functional groups attached to an aromatic ring is 1. The van der Waals surface area contributed by atoms with Gasteiger partial charge < -0.3 is 19.4 Å². The van der Waals surface area contributed by atoms with Crippen molar-refractivity contribution >= 4 is 21.8 Å². The zero-order chi connectivity index (χ0) is 15.0. The van der Waals surface area contributed by atoms with Gasteiger partial charge in [-0.2, -0.15) is 0 Å². The van der Waals surface area contributed by atoms with Crippen molar-refractivity contribution in [2.24, 2.45) is 0 Å². The summed E-state index contributed by atoms with van der Waals surface area (Å²) in [6.07, 6.45) is 0. The number of anilines is 1. The standard InChI is InChI=1S/C15H13BrN2O3/c1-8-3-4-9(7-11(8)19-2)13-14(18-21-15(13)17)10-5-6-12(16)20-10/h3-7H,17H2,1-2H3. The van der Waals surface area contributed by atoms with E-state index in [4.69, 9.17) is 19.4 Å². The Hall–Kier alpha value is -2.21. The van der Waals surface area contributed by atoms with Crippen LogP contribution < -0.4 is 10.5 Å². The van der Waals surface area contributed by atoms with Crippen molar-refractivity contribution in [3.63, 3.8) is 0 Å². The molecule has 0 saturated heterocycles. The molecule has 0 aliphatic heterocycles. The summed E-state index contributed by atoms with van der Waals surface area (Å²) in [7, 11) is 1.63. The number of methoxy groups -OCH3 is 1. The third kappa shape index (κ3) is 2.42. The third-order valence-corrected chi connectivity index (χ3v) is 3.65. The highest BCUT2D eigenvalue weighted by Gasteiger charge is 2.20. The van der Waals surface area contributed by atoms with Crippen LogP contribution in [0.3, 0.4) is 0 Å². The van der Waals surface area contributed by atoms with E-state index in [1.54, 1.807) is 19.2 Å². The van der Waals surface area contributed by atoms with Crippen LogP contribution in [0.1, 0.15) is 5.56 Å². The zero-order valence-electron chi connectivity index (χ0n) is 11.5. The number of rotatable bonds is 3. The molecule has 5 nitrogen and oxygen atoms in total. The van der Waals surface area contributed by atoms with Gasteiger partial charge in [-0.1, -0.05) is 17.3 Å². The summed E-state index contributed by atoms with van der Waals surface area (Å²) >= 11 is 3.27. The first kappa shape index (κ1) is 13.8. The topological polar surface area (TPSA) is 74.4 Å². The largest absolute Gasteiger partial charge is 0.496 e. The van der Waals surface area contributed by atoms with Crippen LogP contribution in [0, 0.1) is 6.92 Å². The zero-order valence-corrected chi connectivity index (χ0v) is 13.1. The quantitative estimate of drug-likeness (QED) is 0.765. The smallest absolute Gasteiger partial charge is 0.230 e. The SMILES string of the molecule is COc1cc(-c2c(-c3ccc(Br)o3)noc2N)ccc1C. The molecule has 3 rings (SSSR count). The minimum absolute atomic E-state index is 0.239. The van der Waals surface area contributed by atoms with Crippen LogP contribution in [0.25, 0.3) is 22.6 Å². The Morgan fingerprint density at radius 1 is 1.24 bits per heavy atom. The predicted molar refractivity (Wildman–Crippen MR) is 83.0 cm³/mol. The Balaban J connectivity index is 2.17. The number of hydrogen-bond acceptors (Lipinski definition) is 5. The van der Waals surface area contributed by atoms with Crippen molar-refractivity contribution in [2.75, 3.05) is 12.8 Å². The molecule has 0 unspecified atom stereocenters. The summed E-state index contributed by atoms with van der Waals surface area (Å²) in [6.45, 7) is 1.98. The van der Waals surface area contributed by atoms with Gasteiger partial charge in [0, 0.05) is 0 Å². The second-order valence-corrected chi connectivity index (χ2v) is 5.34. The van der Waals surface area contributed by atoms with Crippen LogP contribution >= 0.6 is 15.9 Å². The van der Waals surface area contributed by atoms with E-state index in [0.717, 1.165) is 16.9 Å². The highest BCUT2D eigenvalue weighted by molar-refractivity contribution is 9.10. The lowest BCUT2D eigenvalue weighted by Gasteiger charge is -2.07. The van der Waals surface area contributed by atoms with Crippen LogP contribution in [-0.4, -0.2) is 12.3 Å². The molecule has 0 bridgehead atoms. The molecular formula is C15H13BrN2O3. The van der Waals surface area contributed by atoms with Crippen molar-refractivity contribution in [1.29, 1.82) is 0 Å². The van der Waals surface area contributed by atoms with Gasteiger partial charge in [-0.05, 0) is 52.2 Å². The maximum Gasteiger partial charge on any atom is 0.230 e. The van der Waals surface area contributed by atoms with Crippen molar-refractivity contribution in [2.45, 2.75) is 6.92 Å². The molecule has 108 valence electrons. The monoisotopic (exact) mass is 348 g/mol. The van der Waals surface area contributed by atoms with E-state index in [-0.39, 0.29) is 5.88 Å². The molecule has 1 aromatic carbocycles. The van der Waals surface area contributed by atoms with E-state index in [9.17, 15) is 0 Å². The normalized spacial score (nSPS) is 10.8. The second-order valence-electron chi connectivity index (χ2n) is 4.56. The molecule has 0 spiro atoms. The fourth-order valence-electron chi connectivity index (χ4n) is 2.17. The van der Waals surface area contributed by atoms with Crippen LogP contribution in [0.5, 0.6) is 5.75 Å². The molecule has 2 N–H and O–H groups in total. The van der Waals surface area contributed by atoms with Gasteiger partial charge in [0.05, 0.1) is 12.7 Å². The lowest BCUT2D eigenvalue weighted by Crippen LogP contribution is -1.91. The number of nitrogens with two attached hydrogens (primary N) is 1. The number of aromatic nitrogens is 1. The number of aryl methyl sites for hydroxylation is 1. The summed E-state index contributed by atoms with van der Waals surface area (Å²) in [5.41, 5.74) is 9.07. The number of furan rings is 1. The molecular weight excluding hydrogens is 336 g/mol. The fourth-order valence-corrected chi connectivity index (χ4v) is 2.47. The summed E-state index contributed by atoms with van der Waals surface area (Å²) in [4.78, 5) is 0.